The summed E-state index contributed by atoms with van der Waals surface area (Å²) in [4.78, 5) is 10.7. The first-order valence-corrected chi connectivity index (χ1v) is 4.24. The third-order valence-corrected chi connectivity index (χ3v) is 1.97. The number of hydrogen-bond acceptors (Lipinski definition) is 4. The van der Waals surface area contributed by atoms with Crippen molar-refractivity contribution < 1.29 is 14.4 Å². The number of benzene rings is 1. The van der Waals surface area contributed by atoms with Crippen LogP contribution in [0.15, 0.2) is 34.9 Å². The van der Waals surface area contributed by atoms with Gasteiger partial charge in [-0.3, -0.25) is 0 Å². The maximum atomic E-state index is 10.7. The molecule has 0 aliphatic carbocycles. The van der Waals surface area contributed by atoms with Crippen molar-refractivity contribution in [1.29, 1.82) is 0 Å². The Labute approximate surface area is 85.1 Å². The number of anilines is 1. The van der Waals surface area contributed by atoms with E-state index in [2.05, 4.69) is 5.16 Å². The van der Waals surface area contributed by atoms with E-state index >= 15 is 0 Å². The monoisotopic (exact) mass is 204 g/mol. The van der Waals surface area contributed by atoms with Crippen molar-refractivity contribution in [3.8, 4) is 11.3 Å². The van der Waals surface area contributed by atoms with Gasteiger partial charge in [0.25, 0.3) is 0 Å². The quantitative estimate of drug-likeness (QED) is 0.775. The number of carboxylic acids is 1. The molecule has 1 aromatic carbocycles. The number of rotatable bonds is 2. The number of hydrogen-bond donors (Lipinski definition) is 2. The SMILES string of the molecule is Nc1c(C(=O)O)noc1-c1ccccc1. The minimum atomic E-state index is -1.20. The predicted octanol–water partition coefficient (Wildman–Crippen LogP) is 1.62. The standard InChI is InChI=1S/C10H8N2O3/c11-7-8(10(13)14)12-15-9(7)6-4-2-1-3-5-6/h1-5H,11H2,(H,13,14). The normalized spacial score (nSPS) is 10.1. The molecule has 5 nitrogen and oxygen atoms in total. The average Bonchev–Trinajstić information content (AvgIpc) is 2.61. The molecule has 1 heterocycles. The minimum absolute atomic E-state index is 0.0497. The maximum absolute atomic E-state index is 10.7. The molecular formula is C10H8N2O3. The van der Waals surface area contributed by atoms with Crippen LogP contribution < -0.4 is 5.73 Å². The summed E-state index contributed by atoms with van der Waals surface area (Å²) in [5.74, 6) is -0.911. The van der Waals surface area contributed by atoms with Crippen molar-refractivity contribution >= 4 is 11.7 Å². The molecule has 0 spiro atoms. The Balaban J connectivity index is 2.52. The molecule has 0 atom stereocenters. The predicted molar refractivity (Wildman–Crippen MR) is 53.3 cm³/mol. The first kappa shape index (κ1) is 9.26. The molecule has 0 fully saturated rings. The molecule has 0 bridgehead atoms. The molecular weight excluding hydrogens is 196 g/mol. The lowest BCUT2D eigenvalue weighted by Gasteiger charge is -1.95. The smallest absolute Gasteiger partial charge is 0.360 e. The second-order valence-corrected chi connectivity index (χ2v) is 2.95. The summed E-state index contributed by atoms with van der Waals surface area (Å²) in [6.07, 6.45) is 0. The molecule has 1 aromatic heterocycles. The fraction of sp³-hybridized carbons (Fsp3) is 0. The van der Waals surface area contributed by atoms with E-state index in [1.807, 2.05) is 6.07 Å². The van der Waals surface area contributed by atoms with Gasteiger partial charge in [-0.15, -0.1) is 0 Å². The number of nitrogens with two attached hydrogens (primary N) is 1. The van der Waals surface area contributed by atoms with Crippen molar-refractivity contribution in [3.63, 3.8) is 0 Å². The summed E-state index contributed by atoms with van der Waals surface area (Å²) in [6.45, 7) is 0. The Bertz CT molecular complexity index is 491. The molecule has 2 rings (SSSR count). The van der Waals surface area contributed by atoms with Crippen molar-refractivity contribution in [1.82, 2.24) is 5.16 Å². The van der Waals surface area contributed by atoms with Gasteiger partial charge in [-0.1, -0.05) is 35.5 Å². The number of nitrogens with zero attached hydrogens (tertiary/aromatic N) is 1. The van der Waals surface area contributed by atoms with Crippen molar-refractivity contribution in [3.05, 3.63) is 36.0 Å². The molecule has 76 valence electrons. The van der Waals surface area contributed by atoms with Crippen LogP contribution in [-0.2, 0) is 0 Å². The third-order valence-electron chi connectivity index (χ3n) is 1.97. The van der Waals surface area contributed by atoms with Gasteiger partial charge < -0.3 is 15.4 Å². The van der Waals surface area contributed by atoms with Crippen LogP contribution in [0.3, 0.4) is 0 Å². The van der Waals surface area contributed by atoms with Crippen LogP contribution in [0.2, 0.25) is 0 Å². The minimum Gasteiger partial charge on any atom is -0.476 e. The van der Waals surface area contributed by atoms with E-state index in [9.17, 15) is 4.79 Å². The van der Waals surface area contributed by atoms with Crippen molar-refractivity contribution in [2.45, 2.75) is 0 Å². The summed E-state index contributed by atoms with van der Waals surface area (Å²) in [5, 5.41) is 12.1. The zero-order chi connectivity index (χ0) is 10.8. The first-order valence-electron chi connectivity index (χ1n) is 4.24. The number of carboxylic acid groups (broad SMARTS) is 1. The summed E-state index contributed by atoms with van der Waals surface area (Å²) >= 11 is 0. The Morgan fingerprint density at radius 1 is 1.33 bits per heavy atom. The summed E-state index contributed by atoms with van der Waals surface area (Å²) in [6, 6.07) is 8.98. The van der Waals surface area contributed by atoms with Gasteiger partial charge in [0.1, 0.15) is 5.69 Å². The van der Waals surface area contributed by atoms with E-state index in [0.717, 1.165) is 0 Å². The molecule has 15 heavy (non-hydrogen) atoms. The van der Waals surface area contributed by atoms with Crippen LogP contribution in [0, 0.1) is 0 Å². The van der Waals surface area contributed by atoms with Gasteiger partial charge in [-0.25, -0.2) is 4.79 Å². The van der Waals surface area contributed by atoms with Gasteiger partial charge in [0.05, 0.1) is 0 Å². The van der Waals surface area contributed by atoms with Gasteiger partial charge in [0.15, 0.2) is 5.76 Å². The molecule has 0 saturated heterocycles. The molecule has 0 aliphatic rings. The first-order chi connectivity index (χ1) is 7.20. The van der Waals surface area contributed by atoms with Crippen LogP contribution in [0.5, 0.6) is 0 Å². The molecule has 0 saturated carbocycles. The number of aromatic carboxylic acids is 1. The fourth-order valence-electron chi connectivity index (χ4n) is 1.25. The van der Waals surface area contributed by atoms with E-state index in [1.54, 1.807) is 24.3 Å². The second kappa shape index (κ2) is 3.45. The molecule has 0 amide bonds. The lowest BCUT2D eigenvalue weighted by molar-refractivity contribution is 0.0687. The molecule has 5 heteroatoms. The number of nitrogen functional groups attached to an aromatic ring is 1. The van der Waals surface area contributed by atoms with E-state index in [-0.39, 0.29) is 17.1 Å². The maximum Gasteiger partial charge on any atom is 0.360 e. The van der Waals surface area contributed by atoms with Gasteiger partial charge in [0.2, 0.25) is 5.69 Å². The molecule has 0 aliphatic heterocycles. The van der Waals surface area contributed by atoms with E-state index in [4.69, 9.17) is 15.4 Å². The van der Waals surface area contributed by atoms with Crippen molar-refractivity contribution in [2.75, 3.05) is 5.73 Å². The average molecular weight is 204 g/mol. The fourth-order valence-corrected chi connectivity index (χ4v) is 1.25. The molecule has 3 N–H and O–H groups in total. The van der Waals surface area contributed by atoms with Crippen LogP contribution in [0.1, 0.15) is 10.5 Å². The van der Waals surface area contributed by atoms with Gasteiger partial charge in [0, 0.05) is 5.56 Å². The van der Waals surface area contributed by atoms with Crippen LogP contribution in [0.4, 0.5) is 5.69 Å². The molecule has 0 unspecified atom stereocenters. The van der Waals surface area contributed by atoms with Crippen LogP contribution >= 0.6 is 0 Å². The molecule has 0 radical (unpaired) electrons. The highest BCUT2D eigenvalue weighted by Gasteiger charge is 2.19. The Hall–Kier alpha value is -2.30. The number of aromatic nitrogens is 1. The lowest BCUT2D eigenvalue weighted by atomic mass is 10.1. The summed E-state index contributed by atoms with van der Waals surface area (Å²) in [7, 11) is 0. The number of carbonyl (C=O) groups is 1. The Morgan fingerprint density at radius 3 is 2.53 bits per heavy atom. The van der Waals surface area contributed by atoms with Crippen LogP contribution in [-0.4, -0.2) is 16.2 Å². The largest absolute Gasteiger partial charge is 0.476 e. The van der Waals surface area contributed by atoms with E-state index < -0.39 is 5.97 Å². The van der Waals surface area contributed by atoms with Gasteiger partial charge in [-0.2, -0.15) is 0 Å². The van der Waals surface area contributed by atoms with E-state index in [1.165, 1.54) is 0 Å². The summed E-state index contributed by atoms with van der Waals surface area (Å²) < 4.78 is 4.89. The zero-order valence-electron chi connectivity index (χ0n) is 7.68. The highest BCUT2D eigenvalue weighted by Crippen LogP contribution is 2.28. The van der Waals surface area contributed by atoms with Crippen molar-refractivity contribution in [2.24, 2.45) is 0 Å². The third kappa shape index (κ3) is 1.54. The zero-order valence-corrected chi connectivity index (χ0v) is 7.68. The van der Waals surface area contributed by atoms with Gasteiger partial charge in [-0.05, 0) is 0 Å². The van der Waals surface area contributed by atoms with Crippen LogP contribution in [0.25, 0.3) is 11.3 Å². The molecule has 2 aromatic rings. The lowest BCUT2D eigenvalue weighted by Crippen LogP contribution is -2.01. The van der Waals surface area contributed by atoms with E-state index in [0.29, 0.717) is 5.56 Å². The Morgan fingerprint density at radius 2 is 2.00 bits per heavy atom. The highest BCUT2D eigenvalue weighted by atomic mass is 16.5. The second-order valence-electron chi connectivity index (χ2n) is 2.95. The summed E-state index contributed by atoms with van der Waals surface area (Å²) in [5.41, 5.74) is 6.10. The topological polar surface area (TPSA) is 89.4 Å². The van der Waals surface area contributed by atoms with Gasteiger partial charge >= 0.3 is 5.97 Å². The highest BCUT2D eigenvalue weighted by molar-refractivity contribution is 5.94. The Kier molecular flexibility index (Phi) is 2.13.